The fraction of sp³-hybridized carbons (Fsp3) is 0.542. The highest BCUT2D eigenvalue weighted by Gasteiger charge is 2.78. The lowest BCUT2D eigenvalue weighted by Crippen LogP contribution is -2.92. The number of carbonyl (C=O) groups excluding carboxylic acids is 3. The van der Waals surface area contributed by atoms with Crippen LogP contribution < -0.4 is 32.4 Å². The summed E-state index contributed by atoms with van der Waals surface area (Å²) < 4.78 is 30.4. The number of rotatable bonds is 4. The van der Waals surface area contributed by atoms with Crippen LogP contribution in [0.3, 0.4) is 0 Å². The van der Waals surface area contributed by atoms with Gasteiger partial charge in [0.05, 0.1) is 13.1 Å². The van der Waals surface area contributed by atoms with Crippen LogP contribution in [0.5, 0.6) is 0 Å². The van der Waals surface area contributed by atoms with Crippen LogP contribution in [0.1, 0.15) is 47.2 Å². The molecule has 5 aliphatic rings. The van der Waals surface area contributed by atoms with Crippen LogP contribution in [0.4, 0.5) is 8.78 Å². The number of likely N-dealkylation sites (tertiary alicyclic amines) is 1. The fourth-order valence-corrected chi connectivity index (χ4v) is 6.69. The lowest BCUT2D eigenvalue weighted by atomic mass is 9.84. The Morgan fingerprint density at radius 2 is 1.92 bits per heavy atom. The third kappa shape index (κ3) is 3.52. The topological polar surface area (TPSA) is 200 Å². The quantitative estimate of drug-likeness (QED) is 0.104. The van der Waals surface area contributed by atoms with Gasteiger partial charge in [0.25, 0.3) is 23.3 Å². The number of guanidine groups is 2. The Morgan fingerprint density at radius 3 is 2.64 bits per heavy atom. The molecule has 1 aliphatic carbocycles. The Bertz CT molecular complexity index is 1350. The number of nitrogens with zero attached hydrogens (tertiary/aromatic N) is 2. The smallest absolute Gasteiger partial charge is 0.347 e. The first-order chi connectivity index (χ1) is 18.4. The van der Waals surface area contributed by atoms with Crippen molar-refractivity contribution in [2.75, 3.05) is 13.1 Å². The number of nitrogens with one attached hydrogen (secondary N) is 4. The minimum Gasteiger partial charge on any atom is -0.358 e. The number of amides is 3. The van der Waals surface area contributed by atoms with Crippen molar-refractivity contribution in [3.63, 3.8) is 0 Å². The zero-order chi connectivity index (χ0) is 27.9. The molecule has 1 aromatic carbocycles. The molecule has 0 aromatic heterocycles. The molecule has 1 spiro atoms. The molecule has 2 saturated heterocycles. The summed E-state index contributed by atoms with van der Waals surface area (Å²) in [6, 6.07) is 1.06. The van der Waals surface area contributed by atoms with E-state index in [-0.39, 0.29) is 85.6 Å². The van der Waals surface area contributed by atoms with Gasteiger partial charge >= 0.3 is 11.9 Å². The Hall–Kier alpha value is -3.85. The molecule has 4 atom stereocenters. The molecule has 15 heteroatoms. The van der Waals surface area contributed by atoms with E-state index in [0.29, 0.717) is 0 Å². The van der Waals surface area contributed by atoms with Crippen molar-refractivity contribution in [1.29, 1.82) is 0 Å². The summed E-state index contributed by atoms with van der Waals surface area (Å²) in [6.45, 7) is -0.298. The first kappa shape index (κ1) is 25.4. The first-order valence-electron chi connectivity index (χ1n) is 12.8. The maximum atomic E-state index is 14.5. The molecule has 39 heavy (non-hydrogen) atoms. The molecular formula is C24H30F2N8O5+2. The molecule has 6 rings (SSSR count). The predicted octanol–water partition coefficient (Wildman–Crippen LogP) is -4.58. The van der Waals surface area contributed by atoms with Crippen LogP contribution in [0, 0.1) is 0 Å². The number of hydrogen-bond acceptors (Lipinski definition) is 9. The molecule has 1 unspecified atom stereocenters. The molecule has 1 aromatic rings. The fourth-order valence-electron chi connectivity index (χ4n) is 6.69. The second kappa shape index (κ2) is 8.32. The van der Waals surface area contributed by atoms with Gasteiger partial charge in [-0.3, -0.25) is 41.1 Å². The summed E-state index contributed by atoms with van der Waals surface area (Å²) in [4.78, 5) is 42.0. The average molecular weight is 549 g/mol. The molecule has 4 heterocycles. The van der Waals surface area contributed by atoms with E-state index in [1.54, 1.807) is 0 Å². The van der Waals surface area contributed by atoms with Crippen molar-refractivity contribution in [2.45, 2.75) is 67.6 Å². The second-order valence-electron chi connectivity index (χ2n) is 10.7. The third-order valence-corrected chi connectivity index (χ3v) is 8.52. The lowest BCUT2D eigenvalue weighted by molar-refractivity contribution is -0.674. The number of alkyl halides is 2. The van der Waals surface area contributed by atoms with E-state index < -0.39 is 41.4 Å². The maximum absolute atomic E-state index is 14.5. The largest absolute Gasteiger partial charge is 0.358 e. The predicted molar refractivity (Wildman–Crippen MR) is 129 cm³/mol. The number of nitrogens with two attached hydrogens (primary N) is 2. The molecule has 0 bridgehead atoms. The SMILES string of the molecule is NC1=[NH+][C@H]2[C@H](CN3C(=O)CCC3=O)NC(N)=[N+]3CC(NC(=O)c4cccc5c4CCCC5(F)F)C(O)(O)[C@]23N1. The van der Waals surface area contributed by atoms with Gasteiger partial charge in [0.15, 0.2) is 6.04 Å². The molecule has 0 radical (unpaired) electrons. The summed E-state index contributed by atoms with van der Waals surface area (Å²) in [5.74, 6) is -7.22. The molecular weight excluding hydrogens is 518 g/mol. The molecule has 10 N–H and O–H groups in total. The number of carbonyl (C=O) groups is 3. The number of halogens is 2. The van der Waals surface area contributed by atoms with Gasteiger partial charge in [-0.1, -0.05) is 12.1 Å². The van der Waals surface area contributed by atoms with E-state index in [9.17, 15) is 33.4 Å². The number of aliphatic hydroxyl groups is 2. The first-order valence-corrected chi connectivity index (χ1v) is 12.8. The zero-order valence-corrected chi connectivity index (χ0v) is 20.8. The minimum atomic E-state index is -3.06. The van der Waals surface area contributed by atoms with Crippen LogP contribution in [0.15, 0.2) is 18.2 Å². The summed E-state index contributed by atoms with van der Waals surface area (Å²) in [7, 11) is 0. The van der Waals surface area contributed by atoms with Gasteiger partial charge in [0, 0.05) is 30.4 Å². The maximum Gasteiger partial charge on any atom is 0.347 e. The van der Waals surface area contributed by atoms with E-state index in [2.05, 4.69) is 20.9 Å². The van der Waals surface area contributed by atoms with Crippen LogP contribution in [-0.2, 0) is 21.9 Å². The highest BCUT2D eigenvalue weighted by molar-refractivity contribution is 6.02. The third-order valence-electron chi connectivity index (χ3n) is 8.52. The van der Waals surface area contributed by atoms with Gasteiger partial charge in [0.1, 0.15) is 12.1 Å². The highest BCUT2D eigenvalue weighted by atomic mass is 19.3. The average Bonchev–Trinajstić information content (AvgIpc) is 3.46. The van der Waals surface area contributed by atoms with Gasteiger partial charge in [-0.15, -0.1) is 0 Å². The molecule has 208 valence electrons. The number of hydrogen-bond donors (Lipinski definition) is 8. The van der Waals surface area contributed by atoms with Crippen LogP contribution >= 0.6 is 0 Å². The Kier molecular flexibility index (Phi) is 5.43. The monoisotopic (exact) mass is 548 g/mol. The zero-order valence-electron chi connectivity index (χ0n) is 20.8. The Balaban J connectivity index is 1.32. The molecule has 3 amide bonds. The summed E-state index contributed by atoms with van der Waals surface area (Å²) >= 11 is 0. The molecule has 13 nitrogen and oxygen atoms in total. The van der Waals surface area contributed by atoms with E-state index in [1.165, 1.54) is 22.8 Å². The van der Waals surface area contributed by atoms with Crippen molar-refractivity contribution < 1.29 is 42.9 Å². The van der Waals surface area contributed by atoms with Gasteiger partial charge in [-0.25, -0.2) is 18.7 Å². The second-order valence-corrected chi connectivity index (χ2v) is 10.7. The number of fused-ring (bicyclic) bond motifs is 1. The van der Waals surface area contributed by atoms with Crippen LogP contribution in [0.2, 0.25) is 0 Å². The van der Waals surface area contributed by atoms with Crippen LogP contribution in [-0.4, -0.2) is 92.0 Å². The Morgan fingerprint density at radius 1 is 1.21 bits per heavy atom. The molecule has 2 fully saturated rings. The Labute approximate surface area is 220 Å². The van der Waals surface area contributed by atoms with Crippen molar-refractivity contribution >= 4 is 29.6 Å². The minimum absolute atomic E-state index is 0.000279. The van der Waals surface area contributed by atoms with E-state index in [0.717, 1.165) is 4.90 Å². The van der Waals surface area contributed by atoms with E-state index in [1.807, 2.05) is 0 Å². The normalized spacial score (nSPS) is 32.2. The summed E-state index contributed by atoms with van der Waals surface area (Å²) in [5.41, 5.74) is 10.6. The lowest BCUT2D eigenvalue weighted by Gasteiger charge is -2.41. The van der Waals surface area contributed by atoms with Gasteiger partial charge < -0.3 is 15.5 Å². The van der Waals surface area contributed by atoms with E-state index in [4.69, 9.17) is 11.5 Å². The molecule has 4 aliphatic heterocycles. The summed E-state index contributed by atoms with van der Waals surface area (Å²) in [6.07, 6.45) is 0.358. The van der Waals surface area contributed by atoms with Crippen molar-refractivity contribution in [3.05, 3.63) is 34.9 Å². The van der Waals surface area contributed by atoms with E-state index >= 15 is 0 Å². The standard InChI is InChI=1S/C24H28F2N8O5/c25-22(26)8-2-4-11-12(3-1-5-13(11)22)19(37)30-15-10-34-21(28)29-14(9-33-16(35)6-7-17(33)36)18-23(34,24(15,38)39)32-20(27)31-18/h1,3,5,14-15,18,38-39H,2,4,6-10H2,(H6,27,28,29,30,31,32,37)/p+2/t14-,15?,18-,23-/m0/s1. The van der Waals surface area contributed by atoms with Crippen molar-refractivity contribution in [1.82, 2.24) is 20.9 Å². The van der Waals surface area contributed by atoms with Crippen molar-refractivity contribution in [2.24, 2.45) is 11.5 Å². The summed E-state index contributed by atoms with van der Waals surface area (Å²) in [5, 5.41) is 31.7. The number of benzene rings is 1. The highest BCUT2D eigenvalue weighted by Crippen LogP contribution is 2.42. The van der Waals surface area contributed by atoms with Gasteiger partial charge in [0.2, 0.25) is 11.8 Å². The van der Waals surface area contributed by atoms with Crippen molar-refractivity contribution in [3.8, 4) is 0 Å². The van der Waals surface area contributed by atoms with Gasteiger partial charge in [-0.05, 0) is 24.5 Å². The van der Waals surface area contributed by atoms with Crippen LogP contribution in [0.25, 0.3) is 0 Å². The number of imide groups is 1. The molecule has 0 saturated carbocycles. The van der Waals surface area contributed by atoms with Gasteiger partial charge in [-0.2, -0.15) is 0 Å².